The van der Waals surface area contributed by atoms with E-state index >= 15 is 0 Å². The Kier molecular flexibility index (Phi) is 2.89. The Morgan fingerprint density at radius 1 is 1.38 bits per heavy atom. The Labute approximate surface area is 80.7 Å². The van der Waals surface area contributed by atoms with E-state index < -0.39 is 37.5 Å². The first kappa shape index (κ1) is 11.2. The van der Waals surface area contributed by atoms with E-state index in [4.69, 9.17) is 16.2 Å². The molecule has 9 heteroatoms. The van der Waals surface area contributed by atoms with Gasteiger partial charge in [-0.25, -0.2) is 12.6 Å². The minimum atomic E-state index is -4.64. The lowest BCUT2D eigenvalue weighted by Crippen LogP contribution is -2.25. The van der Waals surface area contributed by atoms with Gasteiger partial charge in [-0.1, -0.05) is 0 Å². The fourth-order valence-electron chi connectivity index (χ4n) is 1.02. The highest BCUT2D eigenvalue weighted by atomic mass is 35.5. The van der Waals surface area contributed by atoms with Crippen molar-refractivity contribution in [1.29, 1.82) is 0 Å². The zero-order chi connectivity index (χ0) is 10.3. The van der Waals surface area contributed by atoms with Gasteiger partial charge in [0.05, 0.1) is 16.9 Å². The summed E-state index contributed by atoms with van der Waals surface area (Å²) in [4.78, 5) is 0. The van der Waals surface area contributed by atoms with Gasteiger partial charge in [-0.05, 0) is 0 Å². The van der Waals surface area contributed by atoms with Crippen LogP contribution in [0.15, 0.2) is 0 Å². The standard InChI is InChI=1S/C4H7ClO6S2/c5-3-1-12(6,7)2-4(3)11-13(8,9)10/h3-4H,1-2H2,(H,8,9,10)/t3-,4+/m0/s1. The third-order valence-electron chi connectivity index (χ3n) is 1.48. The highest BCUT2D eigenvalue weighted by Crippen LogP contribution is 2.21. The summed E-state index contributed by atoms with van der Waals surface area (Å²) in [6.07, 6.45) is -1.19. The van der Waals surface area contributed by atoms with E-state index in [9.17, 15) is 16.8 Å². The quantitative estimate of drug-likeness (QED) is 0.510. The average molecular weight is 251 g/mol. The molecule has 0 unspecified atom stereocenters. The van der Waals surface area contributed by atoms with Crippen LogP contribution in [-0.4, -0.2) is 44.4 Å². The SMILES string of the molecule is O=S1(=O)C[C@H](Cl)[C@H](OS(=O)(=O)O)C1. The van der Waals surface area contributed by atoms with Crippen molar-refractivity contribution in [2.24, 2.45) is 0 Å². The molecule has 0 aromatic heterocycles. The normalized spacial score (nSPS) is 33.4. The second kappa shape index (κ2) is 3.35. The molecule has 1 rings (SSSR count). The topological polar surface area (TPSA) is 97.7 Å². The predicted octanol–water partition coefficient (Wildman–Crippen LogP) is -0.790. The van der Waals surface area contributed by atoms with Crippen molar-refractivity contribution in [3.05, 3.63) is 0 Å². The minimum absolute atomic E-state index is 0.339. The molecule has 0 saturated carbocycles. The smallest absolute Gasteiger partial charge is 0.264 e. The van der Waals surface area contributed by atoms with Crippen molar-refractivity contribution in [2.45, 2.75) is 11.5 Å². The van der Waals surface area contributed by atoms with Crippen LogP contribution in [0.25, 0.3) is 0 Å². The van der Waals surface area contributed by atoms with E-state index in [-0.39, 0.29) is 5.75 Å². The monoisotopic (exact) mass is 250 g/mol. The molecule has 0 radical (unpaired) electrons. The van der Waals surface area contributed by atoms with Crippen LogP contribution in [0.3, 0.4) is 0 Å². The summed E-state index contributed by atoms with van der Waals surface area (Å²) >= 11 is 5.49. The Hall–Kier alpha value is 0.110. The first-order valence-corrected chi connectivity index (χ1v) is 6.82. The number of sulfone groups is 1. The predicted molar refractivity (Wildman–Crippen MR) is 44.7 cm³/mol. The summed E-state index contributed by atoms with van der Waals surface area (Å²) in [5, 5.41) is -0.938. The van der Waals surface area contributed by atoms with E-state index in [0.717, 1.165) is 0 Å². The van der Waals surface area contributed by atoms with Gasteiger partial charge >= 0.3 is 10.4 Å². The van der Waals surface area contributed by atoms with Gasteiger partial charge in [0, 0.05) is 0 Å². The van der Waals surface area contributed by atoms with Crippen LogP contribution >= 0.6 is 11.6 Å². The summed E-state index contributed by atoms with van der Waals surface area (Å²) in [7, 11) is -7.99. The summed E-state index contributed by atoms with van der Waals surface area (Å²) in [5.41, 5.74) is 0. The van der Waals surface area contributed by atoms with Gasteiger partial charge in [-0.2, -0.15) is 8.42 Å². The molecule has 0 aromatic carbocycles. The third-order valence-corrected chi connectivity index (χ3v) is 4.29. The van der Waals surface area contributed by atoms with Crippen LogP contribution in [0.2, 0.25) is 0 Å². The molecule has 0 spiro atoms. The summed E-state index contributed by atoms with van der Waals surface area (Å²) in [6.45, 7) is 0. The van der Waals surface area contributed by atoms with E-state index in [1.54, 1.807) is 0 Å². The van der Waals surface area contributed by atoms with Crippen molar-refractivity contribution >= 4 is 31.8 Å². The summed E-state index contributed by atoms with van der Waals surface area (Å²) < 4.78 is 54.6. The fourth-order valence-corrected chi connectivity index (χ4v) is 4.14. The molecule has 1 aliphatic rings. The van der Waals surface area contributed by atoms with Gasteiger partial charge in [0.25, 0.3) is 0 Å². The van der Waals surface area contributed by atoms with Crippen LogP contribution in [-0.2, 0) is 24.4 Å². The number of halogens is 1. The lowest BCUT2D eigenvalue weighted by atomic mass is 10.3. The maximum Gasteiger partial charge on any atom is 0.397 e. The zero-order valence-electron chi connectivity index (χ0n) is 6.25. The molecule has 13 heavy (non-hydrogen) atoms. The molecule has 1 saturated heterocycles. The third kappa shape index (κ3) is 3.39. The van der Waals surface area contributed by atoms with Gasteiger partial charge in [0.1, 0.15) is 6.10 Å². The van der Waals surface area contributed by atoms with Crippen LogP contribution in [0.1, 0.15) is 0 Å². The van der Waals surface area contributed by atoms with Crippen molar-refractivity contribution < 1.29 is 25.6 Å². The van der Waals surface area contributed by atoms with Crippen molar-refractivity contribution in [2.75, 3.05) is 11.5 Å². The van der Waals surface area contributed by atoms with Crippen LogP contribution in [0.4, 0.5) is 0 Å². The highest BCUT2D eigenvalue weighted by molar-refractivity contribution is 7.91. The number of alkyl halides is 1. The van der Waals surface area contributed by atoms with Gasteiger partial charge in [0.15, 0.2) is 9.84 Å². The number of hydrogen-bond acceptors (Lipinski definition) is 5. The van der Waals surface area contributed by atoms with E-state index in [1.807, 2.05) is 0 Å². The zero-order valence-corrected chi connectivity index (χ0v) is 8.64. The maximum absolute atomic E-state index is 10.9. The molecule has 0 aliphatic carbocycles. The lowest BCUT2D eigenvalue weighted by Gasteiger charge is -2.08. The molecular formula is C4H7ClO6S2. The fraction of sp³-hybridized carbons (Fsp3) is 1.00. The number of rotatable bonds is 2. The molecule has 0 amide bonds. The molecular weight excluding hydrogens is 244 g/mol. The Morgan fingerprint density at radius 3 is 2.23 bits per heavy atom. The van der Waals surface area contributed by atoms with Crippen molar-refractivity contribution in [3.8, 4) is 0 Å². The molecule has 1 aliphatic heterocycles. The van der Waals surface area contributed by atoms with Gasteiger partial charge in [-0.15, -0.1) is 11.6 Å². The van der Waals surface area contributed by atoms with E-state index in [0.29, 0.717) is 0 Å². The number of hydrogen-bond donors (Lipinski definition) is 1. The lowest BCUT2D eigenvalue weighted by molar-refractivity contribution is 0.205. The highest BCUT2D eigenvalue weighted by Gasteiger charge is 2.39. The van der Waals surface area contributed by atoms with E-state index in [1.165, 1.54) is 0 Å². The van der Waals surface area contributed by atoms with Crippen molar-refractivity contribution in [1.82, 2.24) is 0 Å². The Morgan fingerprint density at radius 2 is 1.92 bits per heavy atom. The first-order valence-electron chi connectivity index (χ1n) is 3.20. The minimum Gasteiger partial charge on any atom is -0.264 e. The average Bonchev–Trinajstić information content (AvgIpc) is 2.00. The summed E-state index contributed by atoms with van der Waals surface area (Å²) in [6, 6.07) is 0. The Bertz CT molecular complexity index is 383. The summed E-state index contributed by atoms with van der Waals surface area (Å²) in [5.74, 6) is -0.824. The molecule has 78 valence electrons. The first-order chi connectivity index (χ1) is 5.70. The van der Waals surface area contributed by atoms with Gasteiger partial charge in [-0.3, -0.25) is 4.55 Å². The Balaban J connectivity index is 2.76. The van der Waals surface area contributed by atoms with Crippen LogP contribution in [0.5, 0.6) is 0 Å². The van der Waals surface area contributed by atoms with E-state index in [2.05, 4.69) is 4.18 Å². The molecule has 6 nitrogen and oxygen atoms in total. The largest absolute Gasteiger partial charge is 0.397 e. The molecule has 1 N–H and O–H groups in total. The van der Waals surface area contributed by atoms with Gasteiger partial charge < -0.3 is 0 Å². The van der Waals surface area contributed by atoms with Crippen LogP contribution in [0, 0.1) is 0 Å². The van der Waals surface area contributed by atoms with Gasteiger partial charge in [0.2, 0.25) is 0 Å². The second-order valence-electron chi connectivity index (χ2n) is 2.66. The molecule has 0 aromatic rings. The molecule has 1 fully saturated rings. The second-order valence-corrected chi connectivity index (χ2v) is 6.42. The molecule has 0 bridgehead atoms. The van der Waals surface area contributed by atoms with Crippen LogP contribution < -0.4 is 0 Å². The molecule has 2 atom stereocenters. The molecule has 1 heterocycles. The van der Waals surface area contributed by atoms with Crippen molar-refractivity contribution in [3.63, 3.8) is 0 Å². The maximum atomic E-state index is 10.9.